The van der Waals surface area contributed by atoms with Gasteiger partial charge < -0.3 is 10.6 Å². The van der Waals surface area contributed by atoms with Crippen molar-refractivity contribution in [3.8, 4) is 0 Å². The fourth-order valence-corrected chi connectivity index (χ4v) is 1.20. The number of hydrogen-bond donors (Lipinski definition) is 2. The van der Waals surface area contributed by atoms with Crippen LogP contribution in [-0.2, 0) is 4.79 Å². The van der Waals surface area contributed by atoms with E-state index in [9.17, 15) is 4.79 Å². The molecule has 0 saturated heterocycles. The van der Waals surface area contributed by atoms with Gasteiger partial charge in [0.1, 0.15) is 5.70 Å². The minimum absolute atomic E-state index is 0.0272. The van der Waals surface area contributed by atoms with Gasteiger partial charge in [-0.3, -0.25) is 4.79 Å². The topological polar surface area (TPSA) is 41.1 Å². The third-order valence-corrected chi connectivity index (χ3v) is 1.70. The fourth-order valence-electron chi connectivity index (χ4n) is 1.20. The summed E-state index contributed by atoms with van der Waals surface area (Å²) in [6.45, 7) is 1.45. The molecule has 3 nitrogen and oxygen atoms in total. The maximum atomic E-state index is 10.9. The highest BCUT2D eigenvalue weighted by atomic mass is 16.2. The molecule has 0 unspecified atom stereocenters. The molecule has 0 saturated carbocycles. The lowest BCUT2D eigenvalue weighted by Gasteiger charge is -2.07. The maximum Gasteiger partial charge on any atom is 0.267 e. The number of carbonyl (C=O) groups is 1. The lowest BCUT2D eigenvalue weighted by atomic mass is 10.2. The van der Waals surface area contributed by atoms with Crippen LogP contribution in [-0.4, -0.2) is 19.0 Å². The van der Waals surface area contributed by atoms with Crippen molar-refractivity contribution in [2.45, 2.75) is 0 Å². The fraction of sp³-hybridized carbons (Fsp3) is 0.286. The van der Waals surface area contributed by atoms with Crippen LogP contribution in [0.3, 0.4) is 0 Å². The Labute approximate surface area is 58.8 Å². The number of amides is 1. The van der Waals surface area contributed by atoms with Crippen LogP contribution in [0.25, 0.3) is 0 Å². The predicted octanol–water partition coefficient (Wildman–Crippen LogP) is -0.470. The molecule has 10 heavy (non-hydrogen) atoms. The molecule has 0 aromatic carbocycles. The molecule has 2 rings (SSSR count). The van der Waals surface area contributed by atoms with E-state index in [2.05, 4.69) is 10.6 Å². The van der Waals surface area contributed by atoms with Gasteiger partial charge >= 0.3 is 0 Å². The van der Waals surface area contributed by atoms with Gasteiger partial charge in [0.25, 0.3) is 5.91 Å². The quantitative estimate of drug-likeness (QED) is 0.472. The second-order valence-electron chi connectivity index (χ2n) is 2.37. The molecule has 0 atom stereocenters. The Hall–Kier alpha value is -1.25. The zero-order valence-corrected chi connectivity index (χ0v) is 5.48. The smallest absolute Gasteiger partial charge is 0.267 e. The average molecular weight is 136 g/mol. The van der Waals surface area contributed by atoms with Gasteiger partial charge in [0.05, 0.1) is 0 Å². The maximum absolute atomic E-state index is 10.9. The van der Waals surface area contributed by atoms with E-state index in [1.807, 2.05) is 12.2 Å². The first-order valence-electron chi connectivity index (χ1n) is 3.30. The number of dihydropyridines is 1. The van der Waals surface area contributed by atoms with Gasteiger partial charge in [-0.05, 0) is 5.57 Å². The number of nitrogens with one attached hydrogen (secondary N) is 2. The lowest BCUT2D eigenvalue weighted by molar-refractivity contribution is -0.116. The molecule has 3 heteroatoms. The molecule has 0 aromatic rings. The Kier molecular flexibility index (Phi) is 1.03. The average Bonchev–Trinajstić information content (AvgIpc) is 2.34. The molecule has 1 amide bonds. The molecule has 0 aliphatic carbocycles. The largest absolute Gasteiger partial charge is 0.377 e. The molecule has 2 heterocycles. The zero-order chi connectivity index (χ0) is 6.97. The minimum Gasteiger partial charge on any atom is -0.377 e. The summed E-state index contributed by atoms with van der Waals surface area (Å²) >= 11 is 0. The Morgan fingerprint density at radius 1 is 1.40 bits per heavy atom. The molecule has 0 spiro atoms. The number of hydrogen-bond acceptors (Lipinski definition) is 2. The Bertz CT molecular complexity index is 240. The van der Waals surface area contributed by atoms with Crippen molar-refractivity contribution in [3.63, 3.8) is 0 Å². The van der Waals surface area contributed by atoms with Gasteiger partial charge in [-0.1, -0.05) is 12.2 Å². The van der Waals surface area contributed by atoms with Crippen LogP contribution < -0.4 is 10.6 Å². The molecule has 2 aliphatic heterocycles. The zero-order valence-electron chi connectivity index (χ0n) is 5.48. The van der Waals surface area contributed by atoms with E-state index in [1.165, 1.54) is 0 Å². The van der Waals surface area contributed by atoms with Crippen molar-refractivity contribution >= 4 is 5.91 Å². The third-order valence-electron chi connectivity index (χ3n) is 1.70. The molecule has 2 N–H and O–H groups in total. The number of rotatable bonds is 0. The van der Waals surface area contributed by atoms with Gasteiger partial charge in [-0.15, -0.1) is 0 Å². The van der Waals surface area contributed by atoms with Crippen LogP contribution in [0.4, 0.5) is 0 Å². The highest BCUT2D eigenvalue weighted by Crippen LogP contribution is 2.11. The van der Waals surface area contributed by atoms with Crippen molar-refractivity contribution in [1.29, 1.82) is 0 Å². The van der Waals surface area contributed by atoms with Gasteiger partial charge in [0.15, 0.2) is 0 Å². The van der Waals surface area contributed by atoms with Crippen molar-refractivity contribution in [2.75, 3.05) is 13.1 Å². The van der Waals surface area contributed by atoms with Crippen molar-refractivity contribution in [1.82, 2.24) is 10.6 Å². The monoisotopic (exact) mass is 136 g/mol. The van der Waals surface area contributed by atoms with Gasteiger partial charge in [0.2, 0.25) is 0 Å². The van der Waals surface area contributed by atoms with E-state index in [-0.39, 0.29) is 5.91 Å². The Morgan fingerprint density at radius 3 is 3.10 bits per heavy atom. The van der Waals surface area contributed by atoms with Crippen LogP contribution in [0.2, 0.25) is 0 Å². The molecule has 52 valence electrons. The van der Waals surface area contributed by atoms with Crippen molar-refractivity contribution in [2.24, 2.45) is 0 Å². The van der Waals surface area contributed by atoms with E-state index >= 15 is 0 Å². The van der Waals surface area contributed by atoms with Crippen LogP contribution >= 0.6 is 0 Å². The summed E-state index contributed by atoms with van der Waals surface area (Å²) in [5.41, 5.74) is 1.83. The van der Waals surface area contributed by atoms with E-state index < -0.39 is 0 Å². The van der Waals surface area contributed by atoms with Gasteiger partial charge in [0, 0.05) is 13.1 Å². The summed E-state index contributed by atoms with van der Waals surface area (Å²) in [7, 11) is 0. The molecule has 0 aromatic heterocycles. The molecular weight excluding hydrogens is 128 g/mol. The summed E-state index contributed by atoms with van der Waals surface area (Å²) in [5, 5.41) is 5.75. The van der Waals surface area contributed by atoms with Crippen LogP contribution in [0.15, 0.2) is 23.4 Å². The second kappa shape index (κ2) is 1.87. The van der Waals surface area contributed by atoms with Gasteiger partial charge in [-0.25, -0.2) is 0 Å². The van der Waals surface area contributed by atoms with E-state index in [1.54, 1.807) is 0 Å². The number of carbonyl (C=O) groups excluding carboxylic acids is 1. The third kappa shape index (κ3) is 0.635. The summed E-state index contributed by atoms with van der Waals surface area (Å²) in [5.74, 6) is 0.0272. The molecular formula is C7H8N2O. The van der Waals surface area contributed by atoms with Crippen molar-refractivity contribution in [3.05, 3.63) is 23.4 Å². The Morgan fingerprint density at radius 2 is 2.30 bits per heavy atom. The first-order chi connectivity index (χ1) is 4.88. The lowest BCUT2D eigenvalue weighted by Crippen LogP contribution is -2.25. The minimum atomic E-state index is 0.0272. The van der Waals surface area contributed by atoms with Crippen LogP contribution in [0, 0.1) is 0 Å². The highest BCUT2D eigenvalue weighted by Gasteiger charge is 2.21. The van der Waals surface area contributed by atoms with E-state index in [4.69, 9.17) is 0 Å². The van der Waals surface area contributed by atoms with Crippen LogP contribution in [0.1, 0.15) is 0 Å². The van der Waals surface area contributed by atoms with E-state index in [0.717, 1.165) is 17.8 Å². The molecule has 0 radical (unpaired) electrons. The molecule has 0 fully saturated rings. The Balaban J connectivity index is 2.38. The summed E-state index contributed by atoms with van der Waals surface area (Å²) in [6.07, 6.45) is 4.00. The summed E-state index contributed by atoms with van der Waals surface area (Å²) < 4.78 is 0. The molecule has 2 aliphatic rings. The SMILES string of the molecule is O=C1NCC2=C1NCC=C2. The van der Waals surface area contributed by atoms with Gasteiger partial charge in [-0.2, -0.15) is 0 Å². The standard InChI is InChI=1S/C7H8N2O/c10-7-6-5(4-9-7)2-1-3-8-6/h1-2,8H,3-4H2,(H,9,10). The highest BCUT2D eigenvalue weighted by molar-refractivity contribution is 5.97. The van der Waals surface area contributed by atoms with Crippen LogP contribution in [0.5, 0.6) is 0 Å². The second-order valence-corrected chi connectivity index (χ2v) is 2.37. The first-order valence-corrected chi connectivity index (χ1v) is 3.30. The van der Waals surface area contributed by atoms with Crippen molar-refractivity contribution < 1.29 is 4.79 Å². The summed E-state index contributed by atoms with van der Waals surface area (Å²) in [4.78, 5) is 10.9. The normalized spacial score (nSPS) is 22.2. The predicted molar refractivity (Wildman–Crippen MR) is 37.2 cm³/mol. The summed E-state index contributed by atoms with van der Waals surface area (Å²) in [6, 6.07) is 0. The molecule has 0 bridgehead atoms. The van der Waals surface area contributed by atoms with E-state index in [0.29, 0.717) is 6.54 Å². The first kappa shape index (κ1) is 5.53.